The maximum absolute atomic E-state index is 12.4. The fourth-order valence-corrected chi connectivity index (χ4v) is 4.40. The van der Waals surface area contributed by atoms with Crippen LogP contribution >= 0.6 is 23.4 Å². The molecule has 0 spiro atoms. The molecule has 1 N–H and O–H groups in total. The lowest BCUT2D eigenvalue weighted by atomic mass is 10.0. The maximum Gasteiger partial charge on any atom is 0.230 e. The molecule has 0 radical (unpaired) electrons. The summed E-state index contributed by atoms with van der Waals surface area (Å²) in [5.41, 5.74) is 1.18. The fourth-order valence-electron chi connectivity index (χ4n) is 3.33. The molecular formula is C21H25ClN2O2S. The monoisotopic (exact) mass is 404 g/mol. The third-order valence-electron chi connectivity index (χ3n) is 4.75. The van der Waals surface area contributed by atoms with Gasteiger partial charge in [0.25, 0.3) is 0 Å². The first-order valence-electron chi connectivity index (χ1n) is 9.19. The van der Waals surface area contributed by atoms with Crippen molar-refractivity contribution in [2.45, 2.75) is 23.8 Å². The molecule has 0 aliphatic carbocycles. The molecule has 1 amide bonds. The Labute approximate surface area is 170 Å². The molecule has 1 fully saturated rings. The van der Waals surface area contributed by atoms with E-state index in [9.17, 15) is 4.79 Å². The predicted molar refractivity (Wildman–Crippen MR) is 112 cm³/mol. The zero-order chi connectivity index (χ0) is 19.1. The number of likely N-dealkylation sites (tertiary alicyclic amines) is 1. The van der Waals surface area contributed by atoms with E-state index in [1.807, 2.05) is 36.4 Å². The average molecular weight is 405 g/mol. The molecule has 144 valence electrons. The van der Waals surface area contributed by atoms with Gasteiger partial charge < -0.3 is 10.1 Å². The number of amides is 1. The van der Waals surface area contributed by atoms with Crippen LogP contribution in [0.2, 0.25) is 5.02 Å². The summed E-state index contributed by atoms with van der Waals surface area (Å²) in [7, 11) is 1.68. The van der Waals surface area contributed by atoms with E-state index in [1.165, 1.54) is 30.2 Å². The van der Waals surface area contributed by atoms with Crippen LogP contribution in [0.4, 0.5) is 0 Å². The smallest absolute Gasteiger partial charge is 0.230 e. The van der Waals surface area contributed by atoms with Gasteiger partial charge in [0.05, 0.1) is 23.9 Å². The van der Waals surface area contributed by atoms with E-state index in [2.05, 4.69) is 22.3 Å². The van der Waals surface area contributed by atoms with E-state index in [1.54, 1.807) is 7.11 Å². The summed E-state index contributed by atoms with van der Waals surface area (Å²) in [6.45, 7) is 2.72. The molecule has 1 saturated heterocycles. The normalized spacial score (nSPS) is 15.5. The standard InChI is InChI=1S/C21H25ClN2O2S/c1-26-17-8-6-7-16(13-17)19(24-11-4-5-12-24)14-23-21(25)15-27-20-10-3-2-9-18(20)22/h2-3,6-10,13,19H,4-5,11-12,14-15H2,1H3,(H,23,25). The van der Waals surface area contributed by atoms with Crippen LogP contribution in [0.1, 0.15) is 24.4 Å². The lowest BCUT2D eigenvalue weighted by Crippen LogP contribution is -2.37. The Morgan fingerprint density at radius 3 is 2.74 bits per heavy atom. The minimum absolute atomic E-state index is 0.0204. The van der Waals surface area contributed by atoms with E-state index in [0.717, 1.165) is 23.7 Å². The molecule has 6 heteroatoms. The van der Waals surface area contributed by atoms with Crippen molar-refractivity contribution in [2.24, 2.45) is 0 Å². The Bertz CT molecular complexity index is 765. The zero-order valence-electron chi connectivity index (χ0n) is 15.5. The van der Waals surface area contributed by atoms with Gasteiger partial charge in [0.15, 0.2) is 0 Å². The Hall–Kier alpha value is -1.69. The van der Waals surface area contributed by atoms with Crippen LogP contribution in [0.3, 0.4) is 0 Å². The number of halogens is 1. The molecular weight excluding hydrogens is 380 g/mol. The van der Waals surface area contributed by atoms with Crippen LogP contribution in [0, 0.1) is 0 Å². The van der Waals surface area contributed by atoms with E-state index in [-0.39, 0.29) is 11.9 Å². The first-order chi connectivity index (χ1) is 13.2. The number of carbonyl (C=O) groups excluding carboxylic acids is 1. The summed E-state index contributed by atoms with van der Waals surface area (Å²) in [6.07, 6.45) is 2.41. The number of ether oxygens (including phenoxy) is 1. The molecule has 1 unspecified atom stereocenters. The van der Waals surface area contributed by atoms with Gasteiger partial charge in [-0.05, 0) is 55.8 Å². The molecule has 1 aliphatic rings. The van der Waals surface area contributed by atoms with Crippen LogP contribution in [0.25, 0.3) is 0 Å². The highest BCUT2D eigenvalue weighted by atomic mass is 35.5. The summed E-state index contributed by atoms with van der Waals surface area (Å²) in [4.78, 5) is 15.8. The van der Waals surface area contributed by atoms with E-state index in [4.69, 9.17) is 16.3 Å². The van der Waals surface area contributed by atoms with Gasteiger partial charge >= 0.3 is 0 Å². The Morgan fingerprint density at radius 2 is 2.00 bits per heavy atom. The molecule has 27 heavy (non-hydrogen) atoms. The Balaban J connectivity index is 1.60. The Morgan fingerprint density at radius 1 is 1.22 bits per heavy atom. The quantitative estimate of drug-likeness (QED) is 0.662. The van der Waals surface area contributed by atoms with Gasteiger partial charge in [0.2, 0.25) is 5.91 Å². The lowest BCUT2D eigenvalue weighted by molar-refractivity contribution is -0.118. The molecule has 0 aromatic heterocycles. The predicted octanol–water partition coefficient (Wildman–Crippen LogP) is 4.39. The summed E-state index contributed by atoms with van der Waals surface area (Å²) in [5, 5.41) is 3.78. The summed E-state index contributed by atoms with van der Waals surface area (Å²) in [6, 6.07) is 15.9. The van der Waals surface area contributed by atoms with Gasteiger partial charge in [-0.25, -0.2) is 0 Å². The molecule has 2 aromatic carbocycles. The van der Waals surface area contributed by atoms with Crippen molar-refractivity contribution in [1.29, 1.82) is 0 Å². The summed E-state index contributed by atoms with van der Waals surface area (Å²) < 4.78 is 5.37. The second-order valence-corrected chi connectivity index (χ2v) is 7.98. The Kier molecular flexibility index (Phi) is 7.44. The average Bonchev–Trinajstić information content (AvgIpc) is 3.22. The number of nitrogens with one attached hydrogen (secondary N) is 1. The zero-order valence-corrected chi connectivity index (χ0v) is 17.1. The third-order valence-corrected chi connectivity index (χ3v) is 6.26. The van der Waals surface area contributed by atoms with Crippen LogP contribution < -0.4 is 10.1 Å². The maximum atomic E-state index is 12.4. The molecule has 4 nitrogen and oxygen atoms in total. The van der Waals surface area contributed by atoms with Gasteiger partial charge in [-0.3, -0.25) is 9.69 Å². The van der Waals surface area contributed by atoms with Gasteiger partial charge in [0, 0.05) is 11.4 Å². The van der Waals surface area contributed by atoms with Gasteiger partial charge in [-0.15, -0.1) is 11.8 Å². The van der Waals surface area contributed by atoms with E-state index < -0.39 is 0 Å². The number of rotatable bonds is 8. The highest BCUT2D eigenvalue weighted by Crippen LogP contribution is 2.28. The molecule has 0 bridgehead atoms. The van der Waals surface area contributed by atoms with Crippen LogP contribution in [-0.4, -0.2) is 43.3 Å². The van der Waals surface area contributed by atoms with Crippen LogP contribution in [-0.2, 0) is 4.79 Å². The number of nitrogens with zero attached hydrogens (tertiary/aromatic N) is 1. The largest absolute Gasteiger partial charge is 0.497 e. The first-order valence-corrected chi connectivity index (χ1v) is 10.6. The minimum atomic E-state index is 0.0204. The SMILES string of the molecule is COc1cccc(C(CNC(=O)CSc2ccccc2Cl)N2CCCC2)c1. The first kappa shape index (κ1) is 20.1. The highest BCUT2D eigenvalue weighted by molar-refractivity contribution is 8.00. The number of benzene rings is 2. The second kappa shape index (κ2) is 10.0. The van der Waals surface area contributed by atoms with Crippen molar-refractivity contribution < 1.29 is 9.53 Å². The molecule has 1 atom stereocenters. The summed E-state index contributed by atoms with van der Waals surface area (Å²) in [5.74, 6) is 1.22. The van der Waals surface area contributed by atoms with Crippen molar-refractivity contribution in [2.75, 3.05) is 32.5 Å². The van der Waals surface area contributed by atoms with E-state index >= 15 is 0 Å². The van der Waals surface area contributed by atoms with Crippen molar-refractivity contribution in [1.82, 2.24) is 10.2 Å². The van der Waals surface area contributed by atoms with Crippen molar-refractivity contribution in [3.63, 3.8) is 0 Å². The van der Waals surface area contributed by atoms with Gasteiger partial charge in [-0.1, -0.05) is 35.9 Å². The van der Waals surface area contributed by atoms with Crippen molar-refractivity contribution in [3.8, 4) is 5.75 Å². The van der Waals surface area contributed by atoms with Crippen molar-refractivity contribution >= 4 is 29.3 Å². The summed E-state index contributed by atoms with van der Waals surface area (Å²) >= 11 is 7.62. The topological polar surface area (TPSA) is 41.6 Å². The fraction of sp³-hybridized carbons (Fsp3) is 0.381. The number of methoxy groups -OCH3 is 1. The number of hydrogen-bond acceptors (Lipinski definition) is 4. The molecule has 3 rings (SSSR count). The molecule has 1 aliphatic heterocycles. The lowest BCUT2D eigenvalue weighted by Gasteiger charge is -2.28. The van der Waals surface area contributed by atoms with Gasteiger partial charge in [-0.2, -0.15) is 0 Å². The third kappa shape index (κ3) is 5.64. The second-order valence-electron chi connectivity index (χ2n) is 6.56. The molecule has 2 aromatic rings. The number of thioether (sulfide) groups is 1. The highest BCUT2D eigenvalue weighted by Gasteiger charge is 2.24. The number of carbonyl (C=O) groups is 1. The molecule has 0 saturated carbocycles. The number of hydrogen-bond donors (Lipinski definition) is 1. The van der Waals surface area contributed by atoms with Crippen LogP contribution in [0.5, 0.6) is 5.75 Å². The van der Waals surface area contributed by atoms with Crippen LogP contribution in [0.15, 0.2) is 53.4 Å². The van der Waals surface area contributed by atoms with Gasteiger partial charge in [0.1, 0.15) is 5.75 Å². The van der Waals surface area contributed by atoms with E-state index in [0.29, 0.717) is 17.3 Å². The molecule has 1 heterocycles. The van der Waals surface area contributed by atoms with Crippen molar-refractivity contribution in [3.05, 3.63) is 59.1 Å². The minimum Gasteiger partial charge on any atom is -0.497 e.